The van der Waals surface area contributed by atoms with Crippen LogP contribution in [0.25, 0.3) is 22.5 Å². The minimum absolute atomic E-state index is 0.0891. The lowest BCUT2D eigenvalue weighted by atomic mass is 10.0. The summed E-state index contributed by atoms with van der Waals surface area (Å²) in [7, 11) is 0. The van der Waals surface area contributed by atoms with Crippen molar-refractivity contribution in [1.29, 1.82) is 0 Å². The molecule has 1 aromatic carbocycles. The summed E-state index contributed by atoms with van der Waals surface area (Å²) in [5, 5.41) is 14.4. The predicted octanol–water partition coefficient (Wildman–Crippen LogP) is 4.00. The molecule has 0 bridgehead atoms. The van der Waals surface area contributed by atoms with Gasteiger partial charge in [-0.05, 0) is 48.6 Å². The molecule has 166 valence electrons. The number of unbranched alkanes of at least 4 members (excludes halogenated alkanes) is 1. The number of H-pyrrole nitrogens is 1. The zero-order valence-corrected chi connectivity index (χ0v) is 18.9. The lowest BCUT2D eigenvalue weighted by Gasteiger charge is -2.10. The van der Waals surface area contributed by atoms with Crippen molar-refractivity contribution in [3.8, 4) is 22.5 Å². The fourth-order valence-electron chi connectivity index (χ4n) is 4.13. The van der Waals surface area contributed by atoms with Crippen molar-refractivity contribution < 1.29 is 0 Å². The number of pyridine rings is 1. The van der Waals surface area contributed by atoms with Gasteiger partial charge >= 0.3 is 5.69 Å². The molecule has 8 nitrogen and oxygen atoms in total. The first-order valence-electron chi connectivity index (χ1n) is 11.2. The van der Waals surface area contributed by atoms with Crippen molar-refractivity contribution in [2.45, 2.75) is 59.5 Å². The smallest absolute Gasteiger partial charge is 0.296 e. The zero-order chi connectivity index (χ0) is 22.5. The number of tetrazole rings is 1. The van der Waals surface area contributed by atoms with E-state index in [1.807, 2.05) is 21.4 Å². The standard InChI is InChI=1S/C24H29N7O/c1-4-6-7-22-17(3)30(14-5-2)24(32)31(22)16-18-8-10-19(11-9-18)21-15-25-13-12-20(21)23-26-28-29-27-23/h8-13,15H,4-7,14,16H2,1-3H3,(H,26,27,28,29). The molecule has 0 radical (unpaired) electrons. The summed E-state index contributed by atoms with van der Waals surface area (Å²) in [6.07, 6.45) is 7.58. The quantitative estimate of drug-likeness (QED) is 0.432. The number of hydrogen-bond acceptors (Lipinski definition) is 5. The molecule has 8 heteroatoms. The molecule has 1 N–H and O–H groups in total. The highest BCUT2D eigenvalue weighted by molar-refractivity contribution is 5.79. The number of hydrogen-bond donors (Lipinski definition) is 1. The van der Waals surface area contributed by atoms with Crippen LogP contribution >= 0.6 is 0 Å². The van der Waals surface area contributed by atoms with E-state index in [0.717, 1.165) is 65.9 Å². The maximum absolute atomic E-state index is 13.1. The maximum atomic E-state index is 13.1. The SMILES string of the molecule is CCCCc1c(C)n(CCC)c(=O)n1Cc1ccc(-c2cnccc2-c2nn[nH]n2)cc1. The van der Waals surface area contributed by atoms with E-state index < -0.39 is 0 Å². The van der Waals surface area contributed by atoms with Gasteiger partial charge < -0.3 is 0 Å². The zero-order valence-electron chi connectivity index (χ0n) is 18.9. The monoisotopic (exact) mass is 431 g/mol. The molecule has 0 spiro atoms. The predicted molar refractivity (Wildman–Crippen MR) is 124 cm³/mol. The van der Waals surface area contributed by atoms with Crippen molar-refractivity contribution in [3.63, 3.8) is 0 Å². The molecule has 4 rings (SSSR count). The lowest BCUT2D eigenvalue weighted by molar-refractivity contribution is 0.611. The highest BCUT2D eigenvalue weighted by atomic mass is 16.1. The average Bonchev–Trinajstić information content (AvgIpc) is 3.43. The van der Waals surface area contributed by atoms with E-state index in [1.165, 1.54) is 0 Å². The molecule has 0 amide bonds. The summed E-state index contributed by atoms with van der Waals surface area (Å²) in [5.74, 6) is 0.534. The lowest BCUT2D eigenvalue weighted by Crippen LogP contribution is -2.26. The molecule has 0 aliphatic carbocycles. The van der Waals surface area contributed by atoms with Crippen LogP contribution in [0.3, 0.4) is 0 Å². The summed E-state index contributed by atoms with van der Waals surface area (Å²) in [5.41, 5.74) is 6.25. The van der Waals surface area contributed by atoms with Gasteiger partial charge in [0.05, 0.1) is 6.54 Å². The van der Waals surface area contributed by atoms with Crippen LogP contribution in [-0.2, 0) is 19.5 Å². The van der Waals surface area contributed by atoms with Gasteiger partial charge in [0.2, 0.25) is 5.82 Å². The number of aromatic amines is 1. The van der Waals surface area contributed by atoms with Gasteiger partial charge in [0, 0.05) is 41.5 Å². The summed E-state index contributed by atoms with van der Waals surface area (Å²) >= 11 is 0. The topological polar surface area (TPSA) is 94.3 Å². The first-order chi connectivity index (χ1) is 15.6. The second kappa shape index (κ2) is 9.72. The Morgan fingerprint density at radius 3 is 2.50 bits per heavy atom. The van der Waals surface area contributed by atoms with Crippen LogP contribution in [0.15, 0.2) is 47.5 Å². The van der Waals surface area contributed by atoms with Crippen LogP contribution in [0, 0.1) is 6.92 Å². The number of nitrogens with one attached hydrogen (secondary N) is 1. The molecule has 3 heterocycles. The van der Waals surface area contributed by atoms with Gasteiger partial charge in [0.15, 0.2) is 0 Å². The van der Waals surface area contributed by atoms with E-state index in [2.05, 4.69) is 70.6 Å². The highest BCUT2D eigenvalue weighted by Gasteiger charge is 2.17. The molecule has 0 saturated heterocycles. The van der Waals surface area contributed by atoms with E-state index in [1.54, 1.807) is 6.20 Å². The Kier molecular flexibility index (Phi) is 6.58. The summed E-state index contributed by atoms with van der Waals surface area (Å²) in [4.78, 5) is 17.4. The van der Waals surface area contributed by atoms with Crippen molar-refractivity contribution >= 4 is 0 Å². The highest BCUT2D eigenvalue weighted by Crippen LogP contribution is 2.29. The largest absolute Gasteiger partial charge is 0.328 e. The van der Waals surface area contributed by atoms with Gasteiger partial charge in [-0.15, -0.1) is 10.2 Å². The third-order valence-corrected chi connectivity index (χ3v) is 5.84. The molecule has 0 aliphatic rings. The molecular formula is C24H29N7O. The van der Waals surface area contributed by atoms with E-state index in [4.69, 9.17) is 0 Å². The van der Waals surface area contributed by atoms with E-state index in [-0.39, 0.29) is 5.69 Å². The van der Waals surface area contributed by atoms with Crippen LogP contribution < -0.4 is 5.69 Å². The number of nitrogens with zero attached hydrogens (tertiary/aromatic N) is 6. The van der Waals surface area contributed by atoms with Gasteiger partial charge in [0.25, 0.3) is 0 Å². The van der Waals surface area contributed by atoms with Gasteiger partial charge in [0.1, 0.15) is 0 Å². The Morgan fingerprint density at radius 2 is 1.81 bits per heavy atom. The molecule has 0 saturated carbocycles. The third kappa shape index (κ3) is 4.26. The Bertz CT molecular complexity index is 1220. The van der Waals surface area contributed by atoms with Crippen molar-refractivity contribution in [2.75, 3.05) is 0 Å². The molecule has 4 aromatic rings. The minimum Gasteiger partial charge on any atom is -0.296 e. The van der Waals surface area contributed by atoms with Gasteiger partial charge in [-0.1, -0.05) is 44.5 Å². The molecule has 0 fully saturated rings. The van der Waals surface area contributed by atoms with Crippen LogP contribution in [0.4, 0.5) is 0 Å². The number of rotatable bonds is 9. The normalized spacial score (nSPS) is 11.2. The van der Waals surface area contributed by atoms with E-state index in [0.29, 0.717) is 12.4 Å². The molecule has 3 aromatic heterocycles. The minimum atomic E-state index is 0.0891. The van der Waals surface area contributed by atoms with Crippen LogP contribution in [0.2, 0.25) is 0 Å². The number of aromatic nitrogens is 7. The van der Waals surface area contributed by atoms with Crippen LogP contribution in [0.5, 0.6) is 0 Å². The fourth-order valence-corrected chi connectivity index (χ4v) is 4.13. The van der Waals surface area contributed by atoms with E-state index in [9.17, 15) is 4.79 Å². The Labute approximate surface area is 187 Å². The second-order valence-corrected chi connectivity index (χ2v) is 8.01. The fraction of sp³-hybridized carbons (Fsp3) is 0.375. The molecule has 0 unspecified atom stereocenters. The third-order valence-electron chi connectivity index (χ3n) is 5.84. The summed E-state index contributed by atoms with van der Waals surface area (Å²) in [6.45, 7) is 7.69. The van der Waals surface area contributed by atoms with Crippen molar-refractivity contribution in [1.82, 2.24) is 34.7 Å². The van der Waals surface area contributed by atoms with Crippen LogP contribution in [-0.4, -0.2) is 34.7 Å². The van der Waals surface area contributed by atoms with Crippen LogP contribution in [0.1, 0.15) is 50.1 Å². The number of imidazole rings is 1. The first-order valence-corrected chi connectivity index (χ1v) is 11.2. The Morgan fingerprint density at radius 1 is 1.00 bits per heavy atom. The van der Waals surface area contributed by atoms with Crippen molar-refractivity contribution in [2.24, 2.45) is 0 Å². The summed E-state index contributed by atoms with van der Waals surface area (Å²) < 4.78 is 3.87. The molecular weight excluding hydrogens is 402 g/mol. The average molecular weight is 432 g/mol. The van der Waals surface area contributed by atoms with Gasteiger partial charge in [-0.25, -0.2) is 4.79 Å². The van der Waals surface area contributed by atoms with Gasteiger partial charge in [-0.2, -0.15) is 5.21 Å². The van der Waals surface area contributed by atoms with E-state index >= 15 is 0 Å². The summed E-state index contributed by atoms with van der Waals surface area (Å²) in [6, 6.07) is 10.1. The maximum Gasteiger partial charge on any atom is 0.328 e. The number of benzene rings is 1. The Hall–Kier alpha value is -3.55. The molecule has 32 heavy (non-hydrogen) atoms. The molecule has 0 aliphatic heterocycles. The van der Waals surface area contributed by atoms with Gasteiger partial charge in [-0.3, -0.25) is 14.1 Å². The molecule has 0 atom stereocenters. The Balaban J connectivity index is 1.65. The first kappa shape index (κ1) is 21.7. The second-order valence-electron chi connectivity index (χ2n) is 8.01. The van der Waals surface area contributed by atoms with Crippen molar-refractivity contribution in [3.05, 3.63) is 70.2 Å².